The van der Waals surface area contributed by atoms with E-state index in [-0.39, 0.29) is 25.2 Å². The Kier molecular flexibility index (Phi) is 6.61. The summed E-state index contributed by atoms with van der Waals surface area (Å²) >= 11 is 0. The molecule has 1 N–H and O–H groups in total. The van der Waals surface area contributed by atoms with Gasteiger partial charge in [0.1, 0.15) is 6.79 Å². The number of amides is 2. The van der Waals surface area contributed by atoms with E-state index in [1.54, 1.807) is 12.1 Å². The van der Waals surface area contributed by atoms with E-state index in [0.717, 1.165) is 17.2 Å². The number of ether oxygens (including phenoxy) is 2. The Morgan fingerprint density at radius 2 is 2.16 bits per heavy atom. The monoisotopic (exact) mass is 460 g/mol. The zero-order valence-corrected chi connectivity index (χ0v) is 19.8. The van der Waals surface area contributed by atoms with Gasteiger partial charge in [-0.2, -0.15) is 0 Å². The Labute approximate surface area is 187 Å². The lowest BCUT2D eigenvalue weighted by atomic mass is 9.80. The molecule has 8 nitrogen and oxygen atoms in total. The van der Waals surface area contributed by atoms with Crippen molar-refractivity contribution in [1.82, 2.24) is 4.90 Å². The van der Waals surface area contributed by atoms with Gasteiger partial charge in [-0.1, -0.05) is 19.6 Å². The molecule has 1 aromatic heterocycles. The standard InChI is InChI=1S/C23H30NO7Si/c1-32(2,3)8-7-28-13-31-22-16-11-20-19(29-14-30-20)10-15(16)9-17(18(22)12-25)23(27)24-6-4-5-21(24)26/h9-11,14,18,22,25H,4-8,12-13H2,1-3H3/q+1. The first-order valence-corrected chi connectivity index (χ1v) is 14.7. The number of benzene rings is 1. The van der Waals surface area contributed by atoms with E-state index in [1.807, 2.05) is 6.07 Å². The van der Waals surface area contributed by atoms with Crippen LogP contribution in [-0.2, 0) is 19.1 Å². The van der Waals surface area contributed by atoms with Crippen LogP contribution in [0.1, 0.15) is 30.1 Å². The van der Waals surface area contributed by atoms with Gasteiger partial charge in [0.15, 0.2) is 0 Å². The van der Waals surface area contributed by atoms with Crippen LogP contribution in [0.15, 0.2) is 33.0 Å². The van der Waals surface area contributed by atoms with Crippen molar-refractivity contribution in [2.45, 2.75) is 44.6 Å². The van der Waals surface area contributed by atoms with E-state index in [1.165, 1.54) is 11.4 Å². The highest BCUT2D eigenvalue weighted by molar-refractivity contribution is 6.76. The lowest BCUT2D eigenvalue weighted by Gasteiger charge is -2.33. The van der Waals surface area contributed by atoms with E-state index < -0.39 is 20.1 Å². The van der Waals surface area contributed by atoms with Gasteiger partial charge < -0.3 is 14.6 Å². The maximum absolute atomic E-state index is 13.2. The molecule has 4 rings (SSSR count). The van der Waals surface area contributed by atoms with Gasteiger partial charge in [0.2, 0.25) is 5.91 Å². The fourth-order valence-corrected chi connectivity index (χ4v) is 4.88. The molecular formula is C23H30NO7Si+. The number of rotatable bonds is 8. The van der Waals surface area contributed by atoms with Crippen molar-refractivity contribution < 1.29 is 33.0 Å². The van der Waals surface area contributed by atoms with Crippen LogP contribution in [0.5, 0.6) is 0 Å². The minimum absolute atomic E-state index is 0.0375. The molecule has 0 spiro atoms. The molecule has 1 saturated heterocycles. The number of carbonyl (C=O) groups is 2. The Hall–Kier alpha value is -2.33. The number of aliphatic hydroxyl groups is 1. The van der Waals surface area contributed by atoms with Crippen LogP contribution in [0.25, 0.3) is 17.2 Å². The second-order valence-electron chi connectivity index (χ2n) is 9.53. The summed E-state index contributed by atoms with van der Waals surface area (Å²) in [6.45, 7) is 8.79. The fraction of sp³-hybridized carbons (Fsp3) is 0.522. The zero-order chi connectivity index (χ0) is 22.9. The highest BCUT2D eigenvalue weighted by atomic mass is 28.3. The van der Waals surface area contributed by atoms with Gasteiger partial charge in [0.05, 0.1) is 12.7 Å². The molecule has 172 valence electrons. The Morgan fingerprint density at radius 1 is 1.34 bits per heavy atom. The molecule has 0 bridgehead atoms. The van der Waals surface area contributed by atoms with Gasteiger partial charge in [-0.3, -0.25) is 23.3 Å². The lowest BCUT2D eigenvalue weighted by molar-refractivity contribution is -0.141. The number of nitrogens with zero attached hydrogens (tertiary/aromatic N) is 1. The average molecular weight is 461 g/mol. The highest BCUT2D eigenvalue weighted by Crippen LogP contribution is 2.42. The lowest BCUT2D eigenvalue weighted by Crippen LogP contribution is -2.38. The second kappa shape index (κ2) is 9.26. The molecule has 0 saturated carbocycles. The normalized spacial score (nSPS) is 21.2. The third-order valence-corrected chi connectivity index (χ3v) is 7.68. The Balaban J connectivity index is 1.63. The zero-order valence-electron chi connectivity index (χ0n) is 18.8. The predicted octanol–water partition coefficient (Wildman–Crippen LogP) is 3.83. The number of carbonyl (C=O) groups excluding carboxylic acids is 2. The molecule has 2 atom stereocenters. The van der Waals surface area contributed by atoms with Crippen LogP contribution in [0.4, 0.5) is 0 Å². The highest BCUT2D eigenvalue weighted by Gasteiger charge is 2.40. The molecule has 1 aliphatic heterocycles. The topological polar surface area (TPSA) is 101 Å². The van der Waals surface area contributed by atoms with Gasteiger partial charge in [0, 0.05) is 51.3 Å². The number of hydrogen-bond donors (Lipinski definition) is 1. The van der Waals surface area contributed by atoms with Gasteiger partial charge in [-0.15, -0.1) is 0 Å². The smallest absolute Gasteiger partial charge is 0.396 e. The maximum atomic E-state index is 13.2. The van der Waals surface area contributed by atoms with Gasteiger partial charge in [-0.05, 0) is 29.7 Å². The molecule has 1 fully saturated rings. The van der Waals surface area contributed by atoms with Crippen LogP contribution < -0.4 is 0 Å². The molecule has 2 unspecified atom stereocenters. The van der Waals surface area contributed by atoms with E-state index in [2.05, 4.69) is 19.6 Å². The quantitative estimate of drug-likeness (QED) is 0.210. The molecule has 2 aliphatic rings. The molecule has 2 amide bonds. The molecule has 9 heteroatoms. The SMILES string of the molecule is C[Si](C)(C)CCOCOC1c2cc3oc[o+]c3cc2C=C(C(=O)N2CCCC2=O)C1CO. The van der Waals surface area contributed by atoms with Crippen LogP contribution >= 0.6 is 0 Å². The number of aliphatic hydroxyl groups excluding tert-OH is 1. The number of fused-ring (bicyclic) bond motifs is 2. The molecule has 2 heterocycles. The summed E-state index contributed by atoms with van der Waals surface area (Å²) in [5.41, 5.74) is 2.95. The molecule has 32 heavy (non-hydrogen) atoms. The van der Waals surface area contributed by atoms with Crippen LogP contribution in [0.3, 0.4) is 0 Å². The minimum atomic E-state index is -1.23. The summed E-state index contributed by atoms with van der Waals surface area (Å²) in [4.78, 5) is 26.7. The summed E-state index contributed by atoms with van der Waals surface area (Å²) in [5.74, 6) is -1.20. The summed E-state index contributed by atoms with van der Waals surface area (Å²) in [7, 11) is -1.23. The second-order valence-corrected chi connectivity index (χ2v) is 15.1. The van der Waals surface area contributed by atoms with Crippen molar-refractivity contribution >= 4 is 37.1 Å². The van der Waals surface area contributed by atoms with E-state index in [4.69, 9.17) is 18.3 Å². The summed E-state index contributed by atoms with van der Waals surface area (Å²) in [6, 6.07) is 4.60. The fourth-order valence-electron chi connectivity index (χ4n) is 4.13. The minimum Gasteiger partial charge on any atom is -0.396 e. The molecule has 2 aromatic rings. The number of hydrogen-bond acceptors (Lipinski definition) is 6. The van der Waals surface area contributed by atoms with Crippen LogP contribution in [-0.4, -0.2) is 56.4 Å². The van der Waals surface area contributed by atoms with Crippen molar-refractivity contribution in [1.29, 1.82) is 0 Å². The predicted molar refractivity (Wildman–Crippen MR) is 120 cm³/mol. The van der Waals surface area contributed by atoms with Crippen molar-refractivity contribution in [3.63, 3.8) is 0 Å². The van der Waals surface area contributed by atoms with Gasteiger partial charge in [-0.25, -0.2) is 0 Å². The van der Waals surface area contributed by atoms with E-state index >= 15 is 0 Å². The molecule has 0 radical (unpaired) electrons. The largest absolute Gasteiger partial charge is 0.485 e. The summed E-state index contributed by atoms with van der Waals surface area (Å²) in [6.07, 6.45) is 2.10. The number of likely N-dealkylation sites (tertiary alicyclic amines) is 1. The van der Waals surface area contributed by atoms with Crippen molar-refractivity contribution in [3.05, 3.63) is 35.3 Å². The van der Waals surface area contributed by atoms with E-state index in [0.29, 0.717) is 42.7 Å². The van der Waals surface area contributed by atoms with Crippen molar-refractivity contribution in [2.75, 3.05) is 26.6 Å². The van der Waals surface area contributed by atoms with Gasteiger partial charge >= 0.3 is 17.6 Å². The maximum Gasteiger partial charge on any atom is 0.485 e. The van der Waals surface area contributed by atoms with Crippen LogP contribution in [0.2, 0.25) is 25.7 Å². The first-order chi connectivity index (χ1) is 15.3. The van der Waals surface area contributed by atoms with Crippen LogP contribution in [0, 0.1) is 5.92 Å². The van der Waals surface area contributed by atoms with E-state index in [9.17, 15) is 14.7 Å². The Bertz CT molecular complexity index is 1040. The molecule has 1 aliphatic carbocycles. The summed E-state index contributed by atoms with van der Waals surface area (Å²) < 4.78 is 22.6. The number of imide groups is 1. The van der Waals surface area contributed by atoms with Crippen molar-refractivity contribution in [3.8, 4) is 0 Å². The van der Waals surface area contributed by atoms with Crippen molar-refractivity contribution in [2.24, 2.45) is 5.92 Å². The molecule has 1 aromatic carbocycles. The van der Waals surface area contributed by atoms with Gasteiger partial charge in [0.25, 0.3) is 5.91 Å². The third-order valence-electron chi connectivity index (χ3n) is 5.97. The first-order valence-electron chi connectivity index (χ1n) is 11.0. The third kappa shape index (κ3) is 4.70. The first kappa shape index (κ1) is 22.8. The Morgan fingerprint density at radius 3 is 2.84 bits per heavy atom. The average Bonchev–Trinajstić information content (AvgIpc) is 3.38. The summed E-state index contributed by atoms with van der Waals surface area (Å²) in [5, 5.41) is 10.2. The molecular weight excluding hydrogens is 430 g/mol.